The van der Waals surface area contributed by atoms with Gasteiger partial charge in [0.15, 0.2) is 11.5 Å². The lowest BCUT2D eigenvalue weighted by Gasteiger charge is -2.44. The lowest BCUT2D eigenvalue weighted by molar-refractivity contribution is -0.180. The topological polar surface area (TPSA) is 76.0 Å². The highest BCUT2D eigenvalue weighted by Crippen LogP contribution is 2.35. The Balaban J connectivity index is 1.61. The molecule has 6 heteroatoms. The van der Waals surface area contributed by atoms with Crippen LogP contribution in [0.2, 0.25) is 0 Å². The molecule has 1 N–H and O–H groups in total. The van der Waals surface area contributed by atoms with Crippen molar-refractivity contribution in [3.8, 4) is 0 Å². The predicted octanol–water partition coefficient (Wildman–Crippen LogP) is 1.75. The Morgan fingerprint density at radius 3 is 2.22 bits per heavy atom. The third-order valence-electron chi connectivity index (χ3n) is 4.91. The van der Waals surface area contributed by atoms with Crippen LogP contribution in [0.1, 0.15) is 24.4 Å². The van der Waals surface area contributed by atoms with Crippen molar-refractivity contribution in [1.29, 1.82) is 0 Å². The largest absolute Gasteiger partial charge is 0.465 e. The molecule has 2 aromatic heterocycles. The van der Waals surface area contributed by atoms with Gasteiger partial charge in [-0.2, -0.15) is 0 Å². The molecule has 2 aromatic rings. The van der Waals surface area contributed by atoms with Gasteiger partial charge < -0.3 is 18.7 Å². The van der Waals surface area contributed by atoms with Crippen molar-refractivity contribution in [2.75, 3.05) is 19.6 Å². The molecule has 2 bridgehead atoms. The fraction of sp³-hybridized carbons (Fsp3) is 0.471. The lowest BCUT2D eigenvalue weighted by Crippen LogP contribution is -2.53. The molecule has 0 unspecified atom stereocenters. The molecule has 5 rings (SSSR count). The molecule has 6 nitrogen and oxygen atoms in total. The van der Waals surface area contributed by atoms with Crippen molar-refractivity contribution in [3.63, 3.8) is 0 Å². The summed E-state index contributed by atoms with van der Waals surface area (Å²) in [5, 5.41) is 11.0. The van der Waals surface area contributed by atoms with Gasteiger partial charge in [-0.15, -0.1) is 0 Å². The Hall–Kier alpha value is -2.05. The molecule has 1 atom stereocenters. The minimum absolute atomic E-state index is 0.0960. The Morgan fingerprint density at radius 1 is 1.17 bits per heavy atom. The molecule has 0 aliphatic carbocycles. The van der Waals surface area contributed by atoms with Crippen molar-refractivity contribution in [3.05, 3.63) is 48.3 Å². The summed E-state index contributed by atoms with van der Waals surface area (Å²) in [7, 11) is 0. The highest BCUT2D eigenvalue weighted by atomic mass is 16.6. The van der Waals surface area contributed by atoms with Gasteiger partial charge in [0.2, 0.25) is 0 Å². The van der Waals surface area contributed by atoms with Crippen LogP contribution in [-0.2, 0) is 15.1 Å². The molecule has 0 saturated carbocycles. The summed E-state index contributed by atoms with van der Waals surface area (Å²) >= 11 is 0. The normalized spacial score (nSPS) is 27.1. The average molecular weight is 317 g/mol. The molecule has 0 amide bonds. The van der Waals surface area contributed by atoms with E-state index < -0.39 is 11.6 Å². The van der Waals surface area contributed by atoms with E-state index in [0.717, 1.165) is 32.5 Å². The molecule has 23 heavy (non-hydrogen) atoms. The first-order valence-electron chi connectivity index (χ1n) is 7.91. The van der Waals surface area contributed by atoms with E-state index in [1.54, 1.807) is 24.3 Å². The second kappa shape index (κ2) is 5.54. The number of esters is 1. The molecule has 0 radical (unpaired) electrons. The average Bonchev–Trinajstić information content (AvgIpc) is 3.29. The summed E-state index contributed by atoms with van der Waals surface area (Å²) in [5.74, 6) is -0.194. The van der Waals surface area contributed by atoms with Crippen LogP contribution in [-0.4, -0.2) is 41.7 Å². The zero-order valence-corrected chi connectivity index (χ0v) is 12.7. The third-order valence-corrected chi connectivity index (χ3v) is 4.91. The van der Waals surface area contributed by atoms with Gasteiger partial charge >= 0.3 is 5.97 Å². The monoisotopic (exact) mass is 317 g/mol. The zero-order chi connectivity index (χ0) is 15.9. The van der Waals surface area contributed by atoms with E-state index in [-0.39, 0.29) is 17.6 Å². The van der Waals surface area contributed by atoms with E-state index in [2.05, 4.69) is 4.90 Å². The van der Waals surface area contributed by atoms with E-state index in [1.165, 1.54) is 12.5 Å². The molecular formula is C17H19NO5. The van der Waals surface area contributed by atoms with Gasteiger partial charge in [-0.3, -0.25) is 4.90 Å². The van der Waals surface area contributed by atoms with Crippen molar-refractivity contribution < 1.29 is 23.5 Å². The number of carbonyl (C=O) groups excluding carboxylic acids is 1. The van der Waals surface area contributed by atoms with Gasteiger partial charge in [0.25, 0.3) is 5.60 Å². The minimum Gasteiger partial charge on any atom is -0.465 e. The number of carbonyl (C=O) groups is 1. The third kappa shape index (κ3) is 2.38. The van der Waals surface area contributed by atoms with E-state index in [0.29, 0.717) is 5.92 Å². The predicted molar refractivity (Wildman–Crippen MR) is 79.5 cm³/mol. The smallest absolute Gasteiger partial charge is 0.354 e. The van der Waals surface area contributed by atoms with Gasteiger partial charge in [0, 0.05) is 6.54 Å². The fourth-order valence-electron chi connectivity index (χ4n) is 3.56. The van der Waals surface area contributed by atoms with Crippen LogP contribution < -0.4 is 0 Å². The van der Waals surface area contributed by atoms with Crippen molar-refractivity contribution in [1.82, 2.24) is 4.90 Å². The van der Waals surface area contributed by atoms with E-state index in [1.807, 2.05) is 0 Å². The molecule has 0 spiro atoms. The number of piperidine rings is 3. The summed E-state index contributed by atoms with van der Waals surface area (Å²) in [4.78, 5) is 15.1. The maximum atomic E-state index is 12.8. The summed E-state index contributed by atoms with van der Waals surface area (Å²) < 4.78 is 16.2. The molecule has 3 aliphatic rings. The van der Waals surface area contributed by atoms with Crippen molar-refractivity contribution in [2.24, 2.45) is 5.92 Å². The SMILES string of the molecule is O=C(O[C@H]1CN2CCC1CC2)C(O)(c1ccco1)c1ccco1. The number of aliphatic hydroxyl groups is 1. The number of hydrogen-bond acceptors (Lipinski definition) is 6. The second-order valence-corrected chi connectivity index (χ2v) is 6.25. The van der Waals surface area contributed by atoms with Gasteiger partial charge in [-0.25, -0.2) is 4.79 Å². The van der Waals surface area contributed by atoms with Crippen LogP contribution >= 0.6 is 0 Å². The van der Waals surface area contributed by atoms with Gasteiger partial charge in [0.1, 0.15) is 6.10 Å². The van der Waals surface area contributed by atoms with Crippen molar-refractivity contribution in [2.45, 2.75) is 24.5 Å². The molecule has 3 fully saturated rings. The highest BCUT2D eigenvalue weighted by molar-refractivity contribution is 5.83. The molecule has 0 aromatic carbocycles. The second-order valence-electron chi connectivity index (χ2n) is 6.25. The zero-order valence-electron chi connectivity index (χ0n) is 12.7. The van der Waals surface area contributed by atoms with E-state index >= 15 is 0 Å². The Labute approximate surface area is 133 Å². The number of ether oxygens (including phenoxy) is 1. The summed E-state index contributed by atoms with van der Waals surface area (Å²) in [5.41, 5.74) is -2.06. The molecule has 3 saturated heterocycles. The summed E-state index contributed by atoms with van der Waals surface area (Å²) in [6.07, 6.45) is 4.67. The van der Waals surface area contributed by atoms with Crippen LogP contribution in [0.15, 0.2) is 45.6 Å². The quantitative estimate of drug-likeness (QED) is 0.866. The summed E-state index contributed by atoms with van der Waals surface area (Å²) in [6, 6.07) is 6.32. The number of furan rings is 2. The summed E-state index contributed by atoms with van der Waals surface area (Å²) in [6.45, 7) is 2.83. The van der Waals surface area contributed by atoms with Crippen LogP contribution in [0.3, 0.4) is 0 Å². The maximum Gasteiger partial charge on any atom is 0.354 e. The maximum absolute atomic E-state index is 12.8. The highest BCUT2D eigenvalue weighted by Gasteiger charge is 2.49. The molecular weight excluding hydrogens is 298 g/mol. The number of nitrogens with zero attached hydrogens (tertiary/aromatic N) is 1. The van der Waals surface area contributed by atoms with Gasteiger partial charge in [-0.1, -0.05) is 0 Å². The Morgan fingerprint density at radius 2 is 1.78 bits per heavy atom. The first-order valence-corrected chi connectivity index (χ1v) is 7.91. The first-order chi connectivity index (χ1) is 11.2. The molecule has 3 aliphatic heterocycles. The van der Waals surface area contributed by atoms with E-state index in [9.17, 15) is 9.90 Å². The number of rotatable bonds is 4. The number of fused-ring (bicyclic) bond motifs is 3. The van der Waals surface area contributed by atoms with Gasteiger partial charge in [0.05, 0.1) is 12.5 Å². The lowest BCUT2D eigenvalue weighted by atomic mass is 9.85. The Bertz CT molecular complexity index is 621. The van der Waals surface area contributed by atoms with Crippen molar-refractivity contribution >= 4 is 5.97 Å². The van der Waals surface area contributed by atoms with Crippen LogP contribution in [0, 0.1) is 5.92 Å². The minimum atomic E-state index is -2.06. The fourth-order valence-corrected chi connectivity index (χ4v) is 3.56. The molecule has 122 valence electrons. The molecule has 5 heterocycles. The van der Waals surface area contributed by atoms with Crippen LogP contribution in [0.5, 0.6) is 0 Å². The van der Waals surface area contributed by atoms with Gasteiger partial charge in [-0.05, 0) is 56.1 Å². The van der Waals surface area contributed by atoms with Crippen LogP contribution in [0.4, 0.5) is 0 Å². The van der Waals surface area contributed by atoms with Crippen LogP contribution in [0.25, 0.3) is 0 Å². The first kappa shape index (κ1) is 14.5. The van der Waals surface area contributed by atoms with E-state index in [4.69, 9.17) is 13.6 Å². The standard InChI is InChI=1S/C17H19NO5/c19-16(23-13-11-18-7-5-12(13)6-8-18)17(20,14-3-1-9-21-14)15-4-2-10-22-15/h1-4,9-10,12-13,20H,5-8,11H2/t13-/m0/s1. The number of hydrogen-bond donors (Lipinski definition) is 1. The Kier molecular flexibility index (Phi) is 3.50.